The Bertz CT molecular complexity index is 62.6. The Kier molecular flexibility index (Phi) is 2.48. The average molecular weight is 105 g/mol. The summed E-state index contributed by atoms with van der Waals surface area (Å²) < 4.78 is 7.39. The van der Waals surface area contributed by atoms with Gasteiger partial charge in [0.05, 0.1) is 7.11 Å². The number of methoxy groups -OCH3 is 1. The normalized spacial score (nSPS) is 11.2. The van der Waals surface area contributed by atoms with Crippen LogP contribution in [0, 0.1) is 0 Å². The molecule has 0 aromatic rings. The van der Waals surface area contributed by atoms with Gasteiger partial charge in [-0.1, -0.05) is 0 Å². The Labute approximate surface area is 41.7 Å². The highest BCUT2D eigenvalue weighted by molar-refractivity contribution is 7.57. The molecule has 0 aromatic carbocycles. The van der Waals surface area contributed by atoms with Crippen LogP contribution in [0.1, 0.15) is 0 Å². The maximum Gasteiger partial charge on any atom is 0.260 e. The van der Waals surface area contributed by atoms with Crippen molar-refractivity contribution in [3.05, 3.63) is 0 Å². The number of nitrogens with zero attached hydrogens (tertiary/aromatic N) is 1. The van der Waals surface area contributed by atoms with Crippen molar-refractivity contribution in [3.8, 4) is 0 Å². The van der Waals surface area contributed by atoms with E-state index in [4.69, 9.17) is 5.73 Å². The first-order valence-electron chi connectivity index (χ1n) is 1.31. The summed E-state index contributed by atoms with van der Waals surface area (Å²) in [4.78, 5) is 0. The van der Waals surface area contributed by atoms with Gasteiger partial charge >= 0.3 is 0 Å². The fraction of sp³-hybridized carbons (Fsp3) is 0.500. The van der Waals surface area contributed by atoms with Crippen LogP contribution in [-0.2, 0) is 17.6 Å². The van der Waals surface area contributed by atoms with E-state index in [1.165, 1.54) is 7.11 Å². The summed E-state index contributed by atoms with van der Waals surface area (Å²) in [5.41, 5.74) is 4.90. The van der Waals surface area contributed by atoms with Gasteiger partial charge in [-0.2, -0.15) is 0 Å². The molecule has 3 nitrogen and oxygen atoms in total. The van der Waals surface area contributed by atoms with Gasteiger partial charge in [-0.05, 0) is 0 Å². The van der Waals surface area contributed by atoms with E-state index in [9.17, 15) is 0 Å². The van der Waals surface area contributed by atoms with Crippen LogP contribution >= 0.6 is 0 Å². The van der Waals surface area contributed by atoms with E-state index in [1.54, 1.807) is 0 Å². The van der Waals surface area contributed by atoms with Gasteiger partial charge in [0.15, 0.2) is 0 Å². The van der Waals surface area contributed by atoms with Gasteiger partial charge < -0.3 is 27.7 Å². The third kappa shape index (κ3) is 1.78. The van der Waals surface area contributed by atoms with Crippen LogP contribution < -0.4 is 5.73 Å². The lowest BCUT2D eigenvalue weighted by Gasteiger charge is -1.96. The van der Waals surface area contributed by atoms with Crippen molar-refractivity contribution < 1.29 is 4.74 Å². The molecular weight excluding hydrogens is 100 g/mol. The molecule has 36 valence electrons. The van der Waals surface area contributed by atoms with Gasteiger partial charge in [-0.3, -0.25) is 0 Å². The Morgan fingerprint density at radius 3 is 2.50 bits per heavy atom. The maximum absolute atomic E-state index is 4.90. The van der Waals surface area contributed by atoms with Gasteiger partial charge in [0, 0.05) is 0 Å². The van der Waals surface area contributed by atoms with Crippen molar-refractivity contribution in [1.29, 1.82) is 0 Å². The van der Waals surface area contributed by atoms with E-state index in [0.29, 0.717) is 0 Å². The molecule has 0 aromatic heterocycles. The number of rotatable bonds is 0. The highest BCUT2D eigenvalue weighted by Gasteiger charge is 1.70. The summed E-state index contributed by atoms with van der Waals surface area (Å²) in [6, 6.07) is 0.0324. The maximum atomic E-state index is 4.90. The summed E-state index contributed by atoms with van der Waals surface area (Å²) in [5, 5.41) is 0. The quantitative estimate of drug-likeness (QED) is 0.254. The smallest absolute Gasteiger partial charge is 0.260 e. The molecule has 6 heavy (non-hydrogen) atoms. The first-order chi connectivity index (χ1) is 2.81. The van der Waals surface area contributed by atoms with Crippen molar-refractivity contribution in [3.63, 3.8) is 0 Å². The zero-order valence-corrected chi connectivity index (χ0v) is 4.16. The van der Waals surface area contributed by atoms with Crippen molar-refractivity contribution in [1.82, 2.24) is 0 Å². The number of hydrogen-bond acceptors (Lipinski definition) is 3. The number of amidine groups is 1. The SMILES string of the molecule is COC(N)=N[S-]. The standard InChI is InChI=1S/C2H6N2OS/c1-5-2(3)4-6/h6H,1H3,(H2,3,4)/p-1. The summed E-state index contributed by atoms with van der Waals surface area (Å²) in [5.74, 6) is 0. The van der Waals surface area contributed by atoms with Crippen molar-refractivity contribution in [2.24, 2.45) is 10.1 Å². The van der Waals surface area contributed by atoms with Crippen LogP contribution in [0.2, 0.25) is 0 Å². The van der Waals surface area contributed by atoms with Crippen molar-refractivity contribution >= 4 is 18.8 Å². The Morgan fingerprint density at radius 2 is 2.50 bits per heavy atom. The van der Waals surface area contributed by atoms with Gasteiger partial charge in [-0.25, -0.2) is 0 Å². The molecule has 2 N–H and O–H groups in total. The Hall–Kier alpha value is -0.510. The molecule has 0 saturated carbocycles. The van der Waals surface area contributed by atoms with Gasteiger partial charge in [-0.15, -0.1) is 0 Å². The molecule has 0 aliphatic carbocycles. The largest absolute Gasteiger partial charge is 0.664 e. The minimum Gasteiger partial charge on any atom is -0.664 e. The first-order valence-corrected chi connectivity index (χ1v) is 1.67. The molecule has 0 amide bonds. The average Bonchev–Trinajstić information content (AvgIpc) is 1.65. The molecule has 0 heterocycles. The number of nitrogens with two attached hydrogens (primary N) is 1. The predicted octanol–water partition coefficient (Wildman–Crippen LogP) is -0.591. The summed E-state index contributed by atoms with van der Waals surface area (Å²) in [7, 11) is 1.41. The second-order valence-corrected chi connectivity index (χ2v) is 0.816. The van der Waals surface area contributed by atoms with Crippen molar-refractivity contribution in [2.45, 2.75) is 0 Å². The third-order valence-electron chi connectivity index (χ3n) is 0.299. The third-order valence-corrected chi connectivity index (χ3v) is 0.479. The minimum atomic E-state index is 0.0324. The van der Waals surface area contributed by atoms with E-state index in [1.807, 2.05) is 0 Å². The van der Waals surface area contributed by atoms with Gasteiger partial charge in [0.2, 0.25) is 0 Å². The lowest BCUT2D eigenvalue weighted by atomic mass is 11.2. The zero-order valence-electron chi connectivity index (χ0n) is 3.34. The molecule has 0 rings (SSSR count). The number of ether oxygens (including phenoxy) is 1. The highest BCUT2D eigenvalue weighted by Crippen LogP contribution is 1.61. The van der Waals surface area contributed by atoms with Crippen LogP contribution in [0.15, 0.2) is 4.40 Å². The van der Waals surface area contributed by atoms with E-state index in [2.05, 4.69) is 21.9 Å². The van der Waals surface area contributed by atoms with Crippen LogP contribution in [-0.4, -0.2) is 13.1 Å². The van der Waals surface area contributed by atoms with E-state index >= 15 is 0 Å². The molecule has 0 bridgehead atoms. The van der Waals surface area contributed by atoms with E-state index in [0.717, 1.165) is 0 Å². The Balaban J connectivity index is 3.22. The fourth-order valence-corrected chi connectivity index (χ4v) is 0.112. The molecule has 0 aliphatic rings. The molecule has 4 heteroatoms. The Morgan fingerprint density at radius 1 is 2.00 bits per heavy atom. The number of hydrogen-bond donors (Lipinski definition) is 1. The molecule has 0 spiro atoms. The summed E-state index contributed by atoms with van der Waals surface area (Å²) in [6.07, 6.45) is 0. The molecule has 0 saturated heterocycles. The molecule has 0 radical (unpaired) electrons. The molecule has 0 fully saturated rings. The molecular formula is C2H5N2OS-. The monoisotopic (exact) mass is 105 g/mol. The minimum absolute atomic E-state index is 0.0324. The lowest BCUT2D eigenvalue weighted by molar-refractivity contribution is 0.398. The topological polar surface area (TPSA) is 47.6 Å². The van der Waals surface area contributed by atoms with Gasteiger partial charge in [0.1, 0.15) is 0 Å². The van der Waals surface area contributed by atoms with Crippen LogP contribution in [0.25, 0.3) is 0 Å². The molecule has 0 unspecified atom stereocenters. The highest BCUT2D eigenvalue weighted by atomic mass is 32.1. The second kappa shape index (κ2) is 2.71. The summed E-state index contributed by atoms with van der Waals surface area (Å²) in [6.45, 7) is 0. The predicted molar refractivity (Wildman–Crippen MR) is 26.0 cm³/mol. The van der Waals surface area contributed by atoms with Crippen molar-refractivity contribution in [2.75, 3.05) is 7.11 Å². The molecule has 0 atom stereocenters. The van der Waals surface area contributed by atoms with Gasteiger partial charge in [0.25, 0.3) is 6.02 Å². The zero-order chi connectivity index (χ0) is 4.99. The fourth-order valence-electron chi connectivity index (χ4n) is 0.0373. The molecule has 0 aliphatic heterocycles. The van der Waals surface area contributed by atoms with Crippen LogP contribution in [0.5, 0.6) is 0 Å². The first kappa shape index (κ1) is 5.49. The van der Waals surface area contributed by atoms with E-state index < -0.39 is 0 Å². The van der Waals surface area contributed by atoms with Crippen LogP contribution in [0.4, 0.5) is 0 Å². The lowest BCUT2D eigenvalue weighted by Crippen LogP contribution is -2.12. The van der Waals surface area contributed by atoms with E-state index in [-0.39, 0.29) is 6.02 Å². The second-order valence-electron chi connectivity index (χ2n) is 0.634. The summed E-state index contributed by atoms with van der Waals surface area (Å²) >= 11 is 4.11. The van der Waals surface area contributed by atoms with Crippen LogP contribution in [0.3, 0.4) is 0 Å².